The van der Waals surface area contributed by atoms with Crippen molar-refractivity contribution in [1.29, 1.82) is 0 Å². The summed E-state index contributed by atoms with van der Waals surface area (Å²) in [5.74, 6) is -4.61. The van der Waals surface area contributed by atoms with Crippen LogP contribution < -0.4 is 17.2 Å². The molecule has 0 heterocycles. The van der Waals surface area contributed by atoms with Gasteiger partial charge in [-0.25, -0.2) is 4.39 Å². The van der Waals surface area contributed by atoms with E-state index < -0.39 is 34.0 Å². The Bertz CT molecular complexity index is 680. The molecule has 0 spiro atoms. The second-order valence-electron chi connectivity index (χ2n) is 5.40. The van der Waals surface area contributed by atoms with E-state index in [1.54, 1.807) is 0 Å². The molecule has 0 aromatic heterocycles. The average Bonchev–Trinajstić information content (AvgIpc) is 2.50. The summed E-state index contributed by atoms with van der Waals surface area (Å²) in [6, 6.07) is 7.31. The van der Waals surface area contributed by atoms with Gasteiger partial charge in [-0.15, -0.1) is 0 Å². The molecule has 1 unspecified atom stereocenters. The van der Waals surface area contributed by atoms with Crippen molar-refractivity contribution in [3.63, 3.8) is 0 Å². The van der Waals surface area contributed by atoms with Gasteiger partial charge < -0.3 is 11.5 Å². The van der Waals surface area contributed by atoms with E-state index in [1.807, 2.05) is 0 Å². The third kappa shape index (κ3) is 2.87. The zero-order chi connectivity index (χ0) is 19.0. The molecule has 0 radical (unpaired) electrons. The SMILES string of the molecule is Nc1ccc(C(c2ccc(N)cc2)(C(F)(F)F)C(N)(F)N(F)F)cc1. The zero-order valence-corrected chi connectivity index (χ0v) is 12.6. The number of nitrogens with two attached hydrogens (primary N) is 3. The third-order valence-electron chi connectivity index (χ3n) is 3.88. The van der Waals surface area contributed by atoms with Crippen LogP contribution in [0.4, 0.5) is 37.9 Å². The van der Waals surface area contributed by atoms with Crippen LogP contribution in [0.15, 0.2) is 48.5 Å². The molecule has 136 valence electrons. The van der Waals surface area contributed by atoms with E-state index >= 15 is 0 Å². The van der Waals surface area contributed by atoms with Gasteiger partial charge in [0.25, 0.3) is 5.92 Å². The van der Waals surface area contributed by atoms with Gasteiger partial charge in [-0.2, -0.15) is 13.2 Å². The van der Waals surface area contributed by atoms with Crippen LogP contribution in [-0.2, 0) is 5.41 Å². The molecule has 0 aliphatic heterocycles. The van der Waals surface area contributed by atoms with E-state index in [0.717, 1.165) is 48.5 Å². The minimum atomic E-state index is -5.53. The monoisotopic (exact) mass is 364 g/mol. The number of anilines is 2. The maximum Gasteiger partial charge on any atom is 0.408 e. The van der Waals surface area contributed by atoms with Gasteiger partial charge in [-0.05, 0) is 35.4 Å². The van der Waals surface area contributed by atoms with Crippen LogP contribution >= 0.6 is 0 Å². The quantitative estimate of drug-likeness (QED) is 0.256. The predicted molar refractivity (Wildman–Crippen MR) is 80.6 cm³/mol. The Balaban J connectivity index is 2.93. The summed E-state index contributed by atoms with van der Waals surface area (Å²) in [6.07, 6.45) is -5.53. The fourth-order valence-electron chi connectivity index (χ4n) is 2.69. The number of nitrogens with zero attached hydrogens (tertiary/aromatic N) is 1. The highest BCUT2D eigenvalue weighted by molar-refractivity contribution is 5.51. The highest BCUT2D eigenvalue weighted by Crippen LogP contribution is 2.54. The van der Waals surface area contributed by atoms with Gasteiger partial charge in [-0.1, -0.05) is 33.2 Å². The third-order valence-corrected chi connectivity index (χ3v) is 3.88. The van der Waals surface area contributed by atoms with Crippen LogP contribution in [0.25, 0.3) is 0 Å². The number of halogens is 6. The lowest BCUT2D eigenvalue weighted by Gasteiger charge is -2.44. The first kappa shape index (κ1) is 18.9. The van der Waals surface area contributed by atoms with Crippen molar-refractivity contribution in [1.82, 2.24) is 5.34 Å². The zero-order valence-electron chi connectivity index (χ0n) is 12.6. The van der Waals surface area contributed by atoms with Crippen LogP contribution in [0.1, 0.15) is 11.1 Å². The van der Waals surface area contributed by atoms with Crippen molar-refractivity contribution in [3.05, 3.63) is 59.7 Å². The molecule has 6 N–H and O–H groups in total. The number of benzene rings is 2. The summed E-state index contributed by atoms with van der Waals surface area (Å²) in [7, 11) is 0. The van der Waals surface area contributed by atoms with Crippen LogP contribution in [0.5, 0.6) is 0 Å². The fraction of sp³-hybridized carbons (Fsp3) is 0.200. The smallest absolute Gasteiger partial charge is 0.399 e. The van der Waals surface area contributed by atoms with Gasteiger partial charge in [-0.3, -0.25) is 5.73 Å². The minimum Gasteiger partial charge on any atom is -0.399 e. The second kappa shape index (κ2) is 6.12. The summed E-state index contributed by atoms with van der Waals surface area (Å²) in [5, 5.41) is -2.30. The summed E-state index contributed by atoms with van der Waals surface area (Å²) in [4.78, 5) is 0. The van der Waals surface area contributed by atoms with Gasteiger partial charge in [0.15, 0.2) is 5.41 Å². The molecule has 0 fully saturated rings. The van der Waals surface area contributed by atoms with Crippen molar-refractivity contribution < 1.29 is 26.5 Å². The standard InChI is InChI=1S/C15H14F6N4/c16-14(17,18)13(15(19,24)25(20)21,9-1-5-11(22)6-2-9)10-3-7-12(23)8-4-10/h1-8H,22-24H2. The predicted octanol–water partition coefficient (Wildman–Crippen LogP) is 3.35. The lowest BCUT2D eigenvalue weighted by molar-refractivity contribution is -0.339. The Kier molecular flexibility index (Phi) is 4.62. The van der Waals surface area contributed by atoms with Crippen LogP contribution in [0.2, 0.25) is 0 Å². The molecule has 0 saturated carbocycles. The summed E-state index contributed by atoms with van der Waals surface area (Å²) >= 11 is 0. The Hall–Kier alpha value is -2.46. The Morgan fingerprint density at radius 1 is 0.680 bits per heavy atom. The molecule has 0 amide bonds. The van der Waals surface area contributed by atoms with Gasteiger partial charge in [0.2, 0.25) is 0 Å². The van der Waals surface area contributed by atoms with Crippen LogP contribution in [0, 0.1) is 0 Å². The van der Waals surface area contributed by atoms with E-state index in [9.17, 15) is 26.5 Å². The van der Waals surface area contributed by atoms with Gasteiger partial charge in [0.1, 0.15) is 0 Å². The molecule has 25 heavy (non-hydrogen) atoms. The average molecular weight is 364 g/mol. The summed E-state index contributed by atoms with van der Waals surface area (Å²) in [6.45, 7) is 0. The first-order valence-electron chi connectivity index (χ1n) is 6.83. The number of alkyl halides is 4. The molecule has 0 saturated heterocycles. The number of nitrogen functional groups attached to an aromatic ring is 2. The Morgan fingerprint density at radius 3 is 1.24 bits per heavy atom. The molecule has 0 aliphatic rings. The van der Waals surface area contributed by atoms with E-state index in [-0.39, 0.29) is 11.4 Å². The van der Waals surface area contributed by atoms with Crippen molar-refractivity contribution in [2.75, 3.05) is 11.5 Å². The normalized spacial score (nSPS) is 15.2. The van der Waals surface area contributed by atoms with Gasteiger partial charge in [0.05, 0.1) is 5.34 Å². The maximum absolute atomic E-state index is 14.8. The molecule has 1 atom stereocenters. The van der Waals surface area contributed by atoms with Crippen LogP contribution in [0.3, 0.4) is 0 Å². The lowest BCUT2D eigenvalue weighted by atomic mass is 9.70. The molecule has 4 nitrogen and oxygen atoms in total. The fourth-order valence-corrected chi connectivity index (χ4v) is 2.69. The second-order valence-corrected chi connectivity index (χ2v) is 5.40. The van der Waals surface area contributed by atoms with Crippen LogP contribution in [-0.4, -0.2) is 17.4 Å². The van der Waals surface area contributed by atoms with E-state index in [1.165, 1.54) is 0 Å². The van der Waals surface area contributed by atoms with Crippen molar-refractivity contribution >= 4 is 11.4 Å². The first-order chi connectivity index (χ1) is 11.4. The van der Waals surface area contributed by atoms with Crippen molar-refractivity contribution in [2.45, 2.75) is 17.5 Å². The largest absolute Gasteiger partial charge is 0.408 e. The Labute approximate surface area is 138 Å². The topological polar surface area (TPSA) is 81.3 Å². The number of hydrogen-bond donors (Lipinski definition) is 3. The van der Waals surface area contributed by atoms with E-state index in [0.29, 0.717) is 0 Å². The minimum absolute atomic E-state index is 0.0657. The Morgan fingerprint density at radius 2 is 1.00 bits per heavy atom. The molecule has 10 heteroatoms. The summed E-state index contributed by atoms with van der Waals surface area (Å²) < 4.78 is 83.3. The highest BCUT2D eigenvalue weighted by Gasteiger charge is 2.72. The van der Waals surface area contributed by atoms with E-state index in [4.69, 9.17) is 17.2 Å². The molecular formula is C15H14F6N4. The molecule has 2 aromatic carbocycles. The van der Waals surface area contributed by atoms with Gasteiger partial charge in [0, 0.05) is 11.4 Å². The van der Waals surface area contributed by atoms with Crippen molar-refractivity contribution in [3.8, 4) is 0 Å². The van der Waals surface area contributed by atoms with Crippen molar-refractivity contribution in [2.24, 2.45) is 5.73 Å². The summed E-state index contributed by atoms with van der Waals surface area (Å²) in [5.41, 5.74) is 10.3. The van der Waals surface area contributed by atoms with Gasteiger partial charge >= 0.3 is 6.18 Å². The first-order valence-corrected chi connectivity index (χ1v) is 6.83. The highest BCUT2D eigenvalue weighted by atomic mass is 19.4. The molecular weight excluding hydrogens is 350 g/mol. The maximum atomic E-state index is 14.8. The number of hydrogen-bond acceptors (Lipinski definition) is 4. The van der Waals surface area contributed by atoms with E-state index in [2.05, 4.69) is 0 Å². The molecule has 0 aliphatic carbocycles. The number of rotatable bonds is 4. The lowest BCUT2D eigenvalue weighted by Crippen LogP contribution is -2.67. The molecule has 2 aromatic rings. The molecule has 0 bridgehead atoms. The molecule has 2 rings (SSSR count).